The van der Waals surface area contributed by atoms with Gasteiger partial charge in [-0.1, -0.05) is 12.1 Å². The van der Waals surface area contributed by atoms with E-state index in [4.69, 9.17) is 15.5 Å². The second-order valence-corrected chi connectivity index (χ2v) is 8.81. The van der Waals surface area contributed by atoms with Crippen LogP contribution < -0.4 is 15.8 Å². The number of Topliss-reactive ketones (excluding diaryl/α,β-unsaturated/α-hetero) is 1. The van der Waals surface area contributed by atoms with Crippen LogP contribution in [0.2, 0.25) is 0 Å². The van der Waals surface area contributed by atoms with E-state index >= 15 is 0 Å². The SMILES string of the molecule is CC(N)C(=O)c1nccc(-c2ccc3c(c2OC(F)F)[C@H]2C[C@@H](NC3=O)c3nc4ccccc4n32)n1. The quantitative estimate of drug-likeness (QED) is 0.411. The summed E-state index contributed by atoms with van der Waals surface area (Å²) in [6.45, 7) is -1.65. The number of ether oxygens (including phenoxy) is 1. The molecule has 0 saturated carbocycles. The van der Waals surface area contributed by atoms with E-state index < -0.39 is 30.4 Å². The van der Waals surface area contributed by atoms with Gasteiger partial charge in [0.15, 0.2) is 5.82 Å². The molecule has 9 nitrogen and oxygen atoms in total. The van der Waals surface area contributed by atoms with Crippen molar-refractivity contribution in [1.82, 2.24) is 24.8 Å². The third kappa shape index (κ3) is 3.34. The maximum atomic E-state index is 13.8. The zero-order valence-electron chi connectivity index (χ0n) is 19.0. The van der Waals surface area contributed by atoms with Crippen LogP contribution in [-0.2, 0) is 0 Å². The molecule has 0 aliphatic carbocycles. The summed E-state index contributed by atoms with van der Waals surface area (Å²) < 4.78 is 34.6. The van der Waals surface area contributed by atoms with Gasteiger partial charge in [0.1, 0.15) is 11.6 Å². The van der Waals surface area contributed by atoms with E-state index in [-0.39, 0.29) is 34.4 Å². The van der Waals surface area contributed by atoms with Gasteiger partial charge in [-0.3, -0.25) is 9.59 Å². The van der Waals surface area contributed by atoms with Gasteiger partial charge >= 0.3 is 6.61 Å². The highest BCUT2D eigenvalue weighted by Gasteiger charge is 2.43. The molecule has 0 spiro atoms. The number of carbonyl (C=O) groups excluding carboxylic acids is 2. The van der Waals surface area contributed by atoms with Crippen molar-refractivity contribution < 1.29 is 23.1 Å². The Hall–Kier alpha value is -4.25. The summed E-state index contributed by atoms with van der Waals surface area (Å²) in [5.41, 5.74) is 8.20. The monoisotopic (exact) mass is 490 g/mol. The predicted octanol–water partition coefficient (Wildman–Crippen LogP) is 3.40. The summed E-state index contributed by atoms with van der Waals surface area (Å²) in [6, 6.07) is 10.3. The Bertz CT molecular complexity index is 1550. The molecule has 1 amide bonds. The number of alkyl halides is 2. The average Bonchev–Trinajstić information content (AvgIpc) is 3.35. The van der Waals surface area contributed by atoms with Crippen LogP contribution in [0.3, 0.4) is 0 Å². The van der Waals surface area contributed by atoms with E-state index in [0.29, 0.717) is 17.8 Å². The summed E-state index contributed by atoms with van der Waals surface area (Å²) in [7, 11) is 0. The Morgan fingerprint density at radius 3 is 2.72 bits per heavy atom. The Morgan fingerprint density at radius 2 is 1.94 bits per heavy atom. The number of nitrogens with two attached hydrogens (primary N) is 1. The van der Waals surface area contributed by atoms with E-state index in [1.165, 1.54) is 25.3 Å². The minimum absolute atomic E-state index is 0.137. The number of nitrogens with one attached hydrogen (secondary N) is 1. The molecule has 0 radical (unpaired) electrons. The Labute approximate surface area is 203 Å². The maximum Gasteiger partial charge on any atom is 0.387 e. The topological polar surface area (TPSA) is 125 Å². The van der Waals surface area contributed by atoms with Crippen LogP contribution in [0.4, 0.5) is 8.78 Å². The van der Waals surface area contributed by atoms with Crippen molar-refractivity contribution in [2.45, 2.75) is 38.1 Å². The smallest absolute Gasteiger partial charge is 0.387 e. The zero-order chi connectivity index (χ0) is 25.1. The molecule has 0 fully saturated rings. The number of rotatable bonds is 5. The minimum Gasteiger partial charge on any atom is -0.434 e. The van der Waals surface area contributed by atoms with Gasteiger partial charge in [-0.2, -0.15) is 8.78 Å². The van der Waals surface area contributed by atoms with Gasteiger partial charge < -0.3 is 20.4 Å². The molecule has 4 aromatic rings. The molecule has 3 N–H and O–H groups in total. The number of carbonyl (C=O) groups is 2. The molecule has 6 rings (SSSR count). The van der Waals surface area contributed by atoms with Crippen LogP contribution in [0, 0.1) is 0 Å². The van der Waals surface area contributed by atoms with Crippen molar-refractivity contribution in [2.75, 3.05) is 0 Å². The molecule has 2 aromatic heterocycles. The van der Waals surface area contributed by atoms with Gasteiger partial charge in [0.25, 0.3) is 5.91 Å². The van der Waals surface area contributed by atoms with Crippen molar-refractivity contribution in [3.8, 4) is 17.0 Å². The van der Waals surface area contributed by atoms with Gasteiger partial charge in [-0.25, -0.2) is 15.0 Å². The highest BCUT2D eigenvalue weighted by Crippen LogP contribution is 2.49. The lowest BCUT2D eigenvalue weighted by molar-refractivity contribution is -0.0503. The normalized spacial score (nSPS) is 19.0. The van der Waals surface area contributed by atoms with Crippen LogP contribution in [0.1, 0.15) is 57.8 Å². The zero-order valence-corrected chi connectivity index (χ0v) is 19.0. The number of imidazole rings is 1. The van der Waals surface area contributed by atoms with Crippen LogP contribution in [-0.4, -0.2) is 43.9 Å². The highest BCUT2D eigenvalue weighted by atomic mass is 19.3. The number of fused-ring (bicyclic) bond motifs is 9. The predicted molar refractivity (Wildman–Crippen MR) is 125 cm³/mol. The molecule has 11 heteroatoms. The molecule has 2 bridgehead atoms. The molecule has 1 unspecified atom stereocenters. The van der Waals surface area contributed by atoms with Gasteiger partial charge in [0, 0.05) is 22.9 Å². The number of nitrogens with zero attached hydrogens (tertiary/aromatic N) is 4. The maximum absolute atomic E-state index is 13.8. The molecular formula is C25H20F2N6O3. The van der Waals surface area contributed by atoms with Crippen molar-refractivity contribution in [1.29, 1.82) is 0 Å². The van der Waals surface area contributed by atoms with Crippen molar-refractivity contribution in [3.63, 3.8) is 0 Å². The van der Waals surface area contributed by atoms with Crippen LogP contribution in [0.25, 0.3) is 22.3 Å². The lowest BCUT2D eigenvalue weighted by Crippen LogP contribution is -2.28. The first-order chi connectivity index (χ1) is 17.3. The van der Waals surface area contributed by atoms with E-state index in [1.54, 1.807) is 6.07 Å². The van der Waals surface area contributed by atoms with Gasteiger partial charge in [0.2, 0.25) is 5.78 Å². The second kappa shape index (κ2) is 8.16. The summed E-state index contributed by atoms with van der Waals surface area (Å²) >= 11 is 0. The third-order valence-corrected chi connectivity index (χ3v) is 6.56. The van der Waals surface area contributed by atoms with E-state index in [9.17, 15) is 18.4 Å². The molecule has 0 saturated heterocycles. The number of hydrogen-bond acceptors (Lipinski definition) is 7. The first-order valence-corrected chi connectivity index (χ1v) is 11.4. The number of para-hydroxylation sites is 2. The summed E-state index contributed by atoms with van der Waals surface area (Å²) in [5, 5.41) is 2.97. The first-order valence-electron chi connectivity index (χ1n) is 11.4. The Kier molecular flexibility index (Phi) is 5.04. The molecule has 4 heterocycles. The fourth-order valence-corrected chi connectivity index (χ4v) is 5.05. The van der Waals surface area contributed by atoms with Gasteiger partial charge in [0.05, 0.1) is 34.9 Å². The average molecular weight is 490 g/mol. The molecule has 2 aliphatic rings. The summed E-state index contributed by atoms with van der Waals surface area (Å²) in [4.78, 5) is 38.5. The van der Waals surface area contributed by atoms with Crippen molar-refractivity contribution in [3.05, 3.63) is 71.4 Å². The molecule has 2 aromatic carbocycles. The van der Waals surface area contributed by atoms with Crippen LogP contribution in [0.5, 0.6) is 5.75 Å². The molecule has 3 atom stereocenters. The number of amides is 1. The first kappa shape index (κ1) is 22.2. The Morgan fingerprint density at radius 1 is 1.17 bits per heavy atom. The number of hydrogen-bond donors (Lipinski definition) is 2. The van der Waals surface area contributed by atoms with Crippen LogP contribution >= 0.6 is 0 Å². The fourth-order valence-electron chi connectivity index (χ4n) is 5.05. The molecule has 36 heavy (non-hydrogen) atoms. The fraction of sp³-hybridized carbons (Fsp3) is 0.240. The van der Waals surface area contributed by atoms with E-state index in [1.807, 2.05) is 28.8 Å². The second-order valence-electron chi connectivity index (χ2n) is 8.81. The van der Waals surface area contributed by atoms with Crippen LogP contribution in [0.15, 0.2) is 48.7 Å². The lowest BCUT2D eigenvalue weighted by Gasteiger charge is -2.23. The van der Waals surface area contributed by atoms with Crippen molar-refractivity contribution in [2.24, 2.45) is 5.73 Å². The Balaban J connectivity index is 1.60. The minimum atomic E-state index is -3.16. The summed E-state index contributed by atoms with van der Waals surface area (Å²) in [5.74, 6) is -0.554. The molecule has 182 valence electrons. The third-order valence-electron chi connectivity index (χ3n) is 6.56. The van der Waals surface area contributed by atoms with Gasteiger partial charge in [-0.15, -0.1) is 0 Å². The molecule has 2 aliphatic heterocycles. The molecular weight excluding hydrogens is 470 g/mol. The largest absolute Gasteiger partial charge is 0.434 e. The number of ketones is 1. The number of aromatic nitrogens is 4. The lowest BCUT2D eigenvalue weighted by atomic mass is 9.93. The summed E-state index contributed by atoms with van der Waals surface area (Å²) in [6.07, 6.45) is 1.78. The highest BCUT2D eigenvalue weighted by molar-refractivity contribution is 5.99. The standard InChI is InChI=1S/C25H20F2N6O3/c1-11(28)20(34)22-29-9-8-14(30-22)12-6-7-13-19(21(12)36-25(26)27)18-10-16(32-24(13)35)23-31-15-4-2-3-5-17(15)33(18)23/h2-9,11,16,18,25H,10,28H2,1H3,(H,32,35)/t11?,16-,18-/m1/s1. The van der Waals surface area contributed by atoms with Gasteiger partial charge in [-0.05, 0) is 43.7 Å². The van der Waals surface area contributed by atoms with Crippen molar-refractivity contribution >= 4 is 22.7 Å². The van der Waals surface area contributed by atoms with E-state index in [0.717, 1.165) is 11.0 Å². The number of halogens is 2. The number of benzene rings is 2. The van der Waals surface area contributed by atoms with E-state index in [2.05, 4.69) is 15.3 Å².